The zero-order valence-electron chi connectivity index (χ0n) is 7.31. The fourth-order valence-electron chi connectivity index (χ4n) is 1.29. The maximum atomic E-state index is 5.93. The summed E-state index contributed by atoms with van der Waals surface area (Å²) in [5.74, 6) is 0. The molecule has 0 atom stereocenters. The molecule has 0 aliphatic rings. The molecular weight excluding hydrogens is 376 g/mol. The number of aromatic nitrogens is 1. The molecule has 72 valence electrons. The van der Waals surface area contributed by atoms with Crippen molar-refractivity contribution >= 4 is 61.0 Å². The molecule has 1 nitrogen and oxygen atoms in total. The molecule has 2 rings (SSSR count). The lowest BCUT2D eigenvalue weighted by Crippen LogP contribution is -1.90. The third kappa shape index (κ3) is 1.77. The number of halogens is 3. The summed E-state index contributed by atoms with van der Waals surface area (Å²) < 4.78 is 2.21. The van der Waals surface area contributed by atoms with E-state index >= 15 is 0 Å². The molecule has 0 aliphatic carbocycles. The van der Waals surface area contributed by atoms with E-state index in [0.29, 0.717) is 0 Å². The second kappa shape index (κ2) is 3.94. The minimum atomic E-state index is 0.736. The Morgan fingerprint density at radius 2 is 2.14 bits per heavy atom. The first kappa shape index (κ1) is 10.6. The summed E-state index contributed by atoms with van der Waals surface area (Å²) in [7, 11) is 0. The highest BCUT2D eigenvalue weighted by atomic mass is 127. The van der Waals surface area contributed by atoms with Gasteiger partial charge in [-0.1, -0.05) is 11.6 Å². The molecule has 0 saturated carbocycles. The lowest BCUT2D eigenvalue weighted by molar-refractivity contribution is 1.22. The predicted octanol–water partition coefficient (Wildman–Crippen LogP) is 4.56. The Labute approximate surface area is 109 Å². The van der Waals surface area contributed by atoms with Gasteiger partial charge in [-0.25, -0.2) is 0 Å². The highest BCUT2D eigenvalue weighted by Crippen LogP contribution is 2.31. The Kier molecular flexibility index (Phi) is 3.00. The Morgan fingerprint density at radius 3 is 2.86 bits per heavy atom. The van der Waals surface area contributed by atoms with Crippen LogP contribution in [0.5, 0.6) is 0 Å². The molecule has 0 amide bonds. The SMILES string of the molecule is Cc1nc2ccc(Cl)cc2c(Br)c1I. The molecule has 0 aliphatic heterocycles. The lowest BCUT2D eigenvalue weighted by atomic mass is 10.2. The maximum absolute atomic E-state index is 5.93. The van der Waals surface area contributed by atoms with Crippen molar-refractivity contribution in [1.82, 2.24) is 4.98 Å². The summed E-state index contributed by atoms with van der Waals surface area (Å²) in [5, 5.41) is 1.80. The first-order chi connectivity index (χ1) is 6.59. The molecule has 1 aromatic carbocycles. The average Bonchev–Trinajstić information content (AvgIpc) is 2.16. The van der Waals surface area contributed by atoms with Gasteiger partial charge in [0.05, 0.1) is 11.2 Å². The van der Waals surface area contributed by atoms with E-state index in [-0.39, 0.29) is 0 Å². The number of rotatable bonds is 0. The van der Waals surface area contributed by atoms with Gasteiger partial charge in [-0.15, -0.1) is 0 Å². The Morgan fingerprint density at radius 1 is 1.43 bits per heavy atom. The minimum Gasteiger partial charge on any atom is -0.252 e. The molecule has 0 saturated heterocycles. The smallest absolute Gasteiger partial charge is 0.0718 e. The largest absolute Gasteiger partial charge is 0.252 e. The van der Waals surface area contributed by atoms with Crippen molar-refractivity contribution in [3.8, 4) is 0 Å². The maximum Gasteiger partial charge on any atom is 0.0718 e. The van der Waals surface area contributed by atoms with Crippen LogP contribution in [0.3, 0.4) is 0 Å². The van der Waals surface area contributed by atoms with Crippen LogP contribution in [0, 0.1) is 10.5 Å². The van der Waals surface area contributed by atoms with Crippen LogP contribution in [0.2, 0.25) is 5.02 Å². The van der Waals surface area contributed by atoms with Crippen molar-refractivity contribution in [2.24, 2.45) is 0 Å². The van der Waals surface area contributed by atoms with Crippen molar-refractivity contribution in [3.63, 3.8) is 0 Å². The van der Waals surface area contributed by atoms with Gasteiger partial charge in [0.25, 0.3) is 0 Å². The van der Waals surface area contributed by atoms with E-state index in [1.807, 2.05) is 25.1 Å². The van der Waals surface area contributed by atoms with Gasteiger partial charge < -0.3 is 0 Å². The van der Waals surface area contributed by atoms with Crippen LogP contribution in [0.1, 0.15) is 5.69 Å². The van der Waals surface area contributed by atoms with Crippen molar-refractivity contribution in [3.05, 3.63) is 37.0 Å². The molecule has 1 heterocycles. The quantitative estimate of drug-likeness (QED) is 0.609. The van der Waals surface area contributed by atoms with Crippen LogP contribution in [0.15, 0.2) is 22.7 Å². The molecule has 0 bridgehead atoms. The van der Waals surface area contributed by atoms with Gasteiger partial charge in [0.2, 0.25) is 0 Å². The summed E-state index contributed by atoms with van der Waals surface area (Å²) >= 11 is 11.8. The van der Waals surface area contributed by atoms with Gasteiger partial charge in [0, 0.05) is 18.5 Å². The van der Waals surface area contributed by atoms with Crippen molar-refractivity contribution < 1.29 is 0 Å². The van der Waals surface area contributed by atoms with E-state index < -0.39 is 0 Å². The summed E-state index contributed by atoms with van der Waals surface area (Å²) in [6.45, 7) is 2.00. The third-order valence-electron chi connectivity index (χ3n) is 1.99. The standard InChI is InChI=1S/C10H6BrClIN/c1-5-10(13)9(11)7-4-6(12)2-3-8(7)14-5/h2-4H,1H3. The van der Waals surface area contributed by atoms with Crippen LogP contribution in [-0.2, 0) is 0 Å². The van der Waals surface area contributed by atoms with Crippen LogP contribution in [0.4, 0.5) is 0 Å². The van der Waals surface area contributed by atoms with E-state index in [1.54, 1.807) is 0 Å². The Bertz CT molecular complexity index is 513. The monoisotopic (exact) mass is 381 g/mol. The van der Waals surface area contributed by atoms with Crippen LogP contribution < -0.4 is 0 Å². The van der Waals surface area contributed by atoms with Gasteiger partial charge in [0.1, 0.15) is 0 Å². The Hall–Kier alpha value is 0.130. The molecule has 2 aromatic rings. The second-order valence-electron chi connectivity index (χ2n) is 2.99. The third-order valence-corrected chi connectivity index (χ3v) is 5.11. The van der Waals surface area contributed by atoms with Crippen molar-refractivity contribution in [2.45, 2.75) is 6.92 Å². The molecule has 0 N–H and O–H groups in total. The van der Waals surface area contributed by atoms with Gasteiger partial charge in [-0.3, -0.25) is 4.98 Å². The minimum absolute atomic E-state index is 0.736. The van der Waals surface area contributed by atoms with Gasteiger partial charge in [0.15, 0.2) is 0 Å². The molecule has 0 radical (unpaired) electrons. The number of aryl methyl sites for hydroxylation is 1. The normalized spacial score (nSPS) is 10.9. The summed E-state index contributed by atoms with van der Waals surface area (Å²) in [6.07, 6.45) is 0. The zero-order chi connectivity index (χ0) is 10.3. The summed E-state index contributed by atoms with van der Waals surface area (Å²) in [5.41, 5.74) is 2.01. The number of benzene rings is 1. The van der Waals surface area contributed by atoms with E-state index in [9.17, 15) is 0 Å². The summed E-state index contributed by atoms with van der Waals surface area (Å²) in [6, 6.07) is 5.72. The van der Waals surface area contributed by atoms with Gasteiger partial charge in [-0.2, -0.15) is 0 Å². The summed E-state index contributed by atoms with van der Waals surface area (Å²) in [4.78, 5) is 4.48. The van der Waals surface area contributed by atoms with E-state index in [1.165, 1.54) is 0 Å². The number of hydrogen-bond acceptors (Lipinski definition) is 1. The van der Waals surface area contributed by atoms with Crippen LogP contribution in [-0.4, -0.2) is 4.98 Å². The van der Waals surface area contributed by atoms with Crippen LogP contribution in [0.25, 0.3) is 10.9 Å². The highest BCUT2D eigenvalue weighted by molar-refractivity contribution is 14.1. The lowest BCUT2D eigenvalue weighted by Gasteiger charge is -2.05. The number of nitrogens with zero attached hydrogens (tertiary/aromatic N) is 1. The average molecular weight is 382 g/mol. The van der Waals surface area contributed by atoms with Crippen LogP contribution >= 0.6 is 50.1 Å². The number of pyridine rings is 1. The molecule has 0 spiro atoms. The molecule has 0 fully saturated rings. The second-order valence-corrected chi connectivity index (χ2v) is 5.29. The van der Waals surface area contributed by atoms with Crippen molar-refractivity contribution in [1.29, 1.82) is 0 Å². The number of fused-ring (bicyclic) bond motifs is 1. The fourth-order valence-corrected chi connectivity index (χ4v) is 2.48. The molecule has 4 heteroatoms. The van der Waals surface area contributed by atoms with Gasteiger partial charge >= 0.3 is 0 Å². The predicted molar refractivity (Wildman–Crippen MR) is 71.9 cm³/mol. The van der Waals surface area contributed by atoms with E-state index in [2.05, 4.69) is 43.5 Å². The number of hydrogen-bond donors (Lipinski definition) is 0. The van der Waals surface area contributed by atoms with Crippen molar-refractivity contribution in [2.75, 3.05) is 0 Å². The highest BCUT2D eigenvalue weighted by Gasteiger charge is 2.07. The fraction of sp³-hybridized carbons (Fsp3) is 0.100. The first-order valence-electron chi connectivity index (χ1n) is 4.00. The Balaban J connectivity index is 2.92. The van der Waals surface area contributed by atoms with E-state index in [4.69, 9.17) is 11.6 Å². The van der Waals surface area contributed by atoms with E-state index in [0.717, 1.165) is 29.7 Å². The molecule has 1 aromatic heterocycles. The first-order valence-corrected chi connectivity index (χ1v) is 6.25. The van der Waals surface area contributed by atoms with Gasteiger partial charge in [-0.05, 0) is 63.6 Å². The molecule has 0 unspecified atom stereocenters. The zero-order valence-corrected chi connectivity index (χ0v) is 11.8. The topological polar surface area (TPSA) is 12.9 Å². The molecule has 14 heavy (non-hydrogen) atoms. The molecular formula is C10H6BrClIN.